The lowest BCUT2D eigenvalue weighted by Crippen LogP contribution is -2.24. The summed E-state index contributed by atoms with van der Waals surface area (Å²) < 4.78 is 7.08. The summed E-state index contributed by atoms with van der Waals surface area (Å²) in [6, 6.07) is 0. The quantitative estimate of drug-likeness (QED) is 0.635. The number of hydrogen-bond acceptors (Lipinski definition) is 5. The van der Waals surface area contributed by atoms with E-state index in [2.05, 4.69) is 20.9 Å². The molecule has 1 unspecified atom stereocenters. The fraction of sp³-hybridized carbons (Fsp3) is 0.700. The fourth-order valence-electron chi connectivity index (χ4n) is 1.42. The Morgan fingerprint density at radius 1 is 1.61 bits per heavy atom. The van der Waals surface area contributed by atoms with Gasteiger partial charge in [0, 0.05) is 6.92 Å². The zero-order chi connectivity index (χ0) is 13.9. The summed E-state index contributed by atoms with van der Waals surface area (Å²) in [4.78, 5) is 14.0. The Labute approximate surface area is 113 Å². The predicted molar refractivity (Wildman–Crippen MR) is 68.4 cm³/mol. The van der Waals surface area contributed by atoms with Crippen molar-refractivity contribution in [2.24, 2.45) is 0 Å². The van der Waals surface area contributed by atoms with Crippen molar-refractivity contribution in [1.82, 2.24) is 9.55 Å². The van der Waals surface area contributed by atoms with E-state index >= 15 is 0 Å². The van der Waals surface area contributed by atoms with Gasteiger partial charge in [-0.05, 0) is 39.7 Å². The Kier molecular flexibility index (Phi) is 5.24. The number of imidazole rings is 1. The highest BCUT2D eigenvalue weighted by Crippen LogP contribution is 2.25. The van der Waals surface area contributed by atoms with Crippen molar-refractivity contribution in [3.8, 4) is 0 Å². The van der Waals surface area contributed by atoms with Gasteiger partial charge in [-0.1, -0.05) is 0 Å². The van der Waals surface area contributed by atoms with E-state index in [4.69, 9.17) is 4.74 Å². The van der Waals surface area contributed by atoms with Crippen molar-refractivity contribution in [3.05, 3.63) is 20.5 Å². The number of nitro groups is 1. The number of aliphatic hydroxyl groups excluding tert-OH is 1. The molecule has 1 rings (SSSR count). The first-order valence-corrected chi connectivity index (χ1v) is 6.29. The van der Waals surface area contributed by atoms with Gasteiger partial charge in [-0.25, -0.2) is 0 Å². The summed E-state index contributed by atoms with van der Waals surface area (Å²) in [5.74, 6) is 0.224. The van der Waals surface area contributed by atoms with Crippen LogP contribution in [0.1, 0.15) is 19.7 Å². The summed E-state index contributed by atoms with van der Waals surface area (Å²) in [5.41, 5.74) is 0. The van der Waals surface area contributed by atoms with Gasteiger partial charge in [0.2, 0.25) is 5.82 Å². The van der Waals surface area contributed by atoms with Crippen LogP contribution in [0.25, 0.3) is 0 Å². The van der Waals surface area contributed by atoms with Gasteiger partial charge in [0.25, 0.3) is 0 Å². The van der Waals surface area contributed by atoms with Gasteiger partial charge < -0.3 is 20.0 Å². The smallest absolute Gasteiger partial charge is 0.389 e. The molecule has 1 aromatic heterocycles. The highest BCUT2D eigenvalue weighted by atomic mass is 79.9. The minimum absolute atomic E-state index is 0.0290. The van der Waals surface area contributed by atoms with Crippen LogP contribution in [0.4, 0.5) is 5.82 Å². The van der Waals surface area contributed by atoms with Crippen LogP contribution in [-0.2, 0) is 11.3 Å². The molecular weight excluding hydrogens is 306 g/mol. The van der Waals surface area contributed by atoms with Gasteiger partial charge >= 0.3 is 5.82 Å². The summed E-state index contributed by atoms with van der Waals surface area (Å²) in [5, 5.41) is 20.5. The van der Waals surface area contributed by atoms with E-state index in [1.54, 1.807) is 11.5 Å². The highest BCUT2D eigenvalue weighted by Gasteiger charge is 2.24. The molecule has 7 nitrogen and oxygen atoms in total. The molecule has 18 heavy (non-hydrogen) atoms. The Balaban J connectivity index is 2.75. The van der Waals surface area contributed by atoms with Crippen LogP contribution in [0.2, 0.25) is 0 Å². The van der Waals surface area contributed by atoms with Gasteiger partial charge in [0.05, 0.1) is 25.4 Å². The van der Waals surface area contributed by atoms with Crippen LogP contribution >= 0.6 is 15.9 Å². The molecule has 0 spiro atoms. The molecule has 1 atom stereocenters. The zero-order valence-electron chi connectivity index (χ0n) is 10.5. The molecule has 1 aromatic rings. The second-order valence-corrected chi connectivity index (χ2v) is 4.93. The molecule has 1 heterocycles. The molecule has 0 saturated heterocycles. The van der Waals surface area contributed by atoms with Crippen LogP contribution in [0, 0.1) is 17.0 Å². The molecule has 8 heteroatoms. The minimum Gasteiger partial charge on any atom is -0.389 e. The fourth-order valence-corrected chi connectivity index (χ4v) is 2.05. The number of hydrogen-bond donors (Lipinski definition) is 1. The number of aryl methyl sites for hydroxylation is 1. The number of nitrogens with zero attached hydrogens (tertiary/aromatic N) is 3. The average Bonchev–Trinajstić information content (AvgIpc) is 2.54. The number of aromatic nitrogens is 2. The monoisotopic (exact) mass is 321 g/mol. The molecule has 102 valence electrons. The van der Waals surface area contributed by atoms with Gasteiger partial charge in [0.1, 0.15) is 0 Å². The topological polar surface area (TPSA) is 90.4 Å². The van der Waals surface area contributed by atoms with Crippen molar-refractivity contribution in [2.45, 2.75) is 39.5 Å². The minimum atomic E-state index is -0.740. The van der Waals surface area contributed by atoms with Gasteiger partial charge in [0.15, 0.2) is 4.60 Å². The largest absolute Gasteiger partial charge is 0.396 e. The number of aliphatic hydroxyl groups is 1. The first-order valence-electron chi connectivity index (χ1n) is 5.49. The molecule has 0 fully saturated rings. The van der Waals surface area contributed by atoms with Crippen molar-refractivity contribution in [2.75, 3.05) is 6.61 Å². The maximum Gasteiger partial charge on any atom is 0.396 e. The van der Waals surface area contributed by atoms with Gasteiger partial charge in [-0.15, -0.1) is 0 Å². The summed E-state index contributed by atoms with van der Waals surface area (Å²) in [7, 11) is 0. The number of ether oxygens (including phenoxy) is 1. The maximum absolute atomic E-state index is 10.7. The highest BCUT2D eigenvalue weighted by molar-refractivity contribution is 9.10. The third-order valence-electron chi connectivity index (χ3n) is 2.27. The molecule has 0 aliphatic rings. The zero-order valence-corrected chi connectivity index (χ0v) is 12.0. The van der Waals surface area contributed by atoms with Crippen molar-refractivity contribution >= 4 is 21.7 Å². The third kappa shape index (κ3) is 3.76. The van der Waals surface area contributed by atoms with E-state index < -0.39 is 11.0 Å². The molecule has 1 N–H and O–H groups in total. The molecule has 0 radical (unpaired) electrons. The predicted octanol–water partition coefficient (Wildman–Crippen LogP) is 1.65. The number of halogens is 1. The lowest BCUT2D eigenvalue weighted by molar-refractivity contribution is -0.390. The number of rotatable bonds is 6. The van der Waals surface area contributed by atoms with E-state index in [9.17, 15) is 15.2 Å². The first kappa shape index (κ1) is 15.1. The van der Waals surface area contributed by atoms with Gasteiger partial charge in [-0.3, -0.25) is 4.57 Å². The molecular formula is C10H16BrN3O4. The first-order chi connectivity index (χ1) is 8.32. The molecule has 0 saturated carbocycles. The Hall–Kier alpha value is -0.990. The van der Waals surface area contributed by atoms with Crippen LogP contribution in [0.3, 0.4) is 0 Å². The lowest BCUT2D eigenvalue weighted by atomic mass is 10.3. The van der Waals surface area contributed by atoms with E-state index in [0.717, 1.165) is 0 Å². The van der Waals surface area contributed by atoms with Crippen molar-refractivity contribution < 1.29 is 14.8 Å². The summed E-state index contributed by atoms with van der Waals surface area (Å²) in [6.07, 6.45) is -0.711. The van der Waals surface area contributed by atoms with Gasteiger partial charge in [-0.2, -0.15) is 0 Å². The normalized spacial score (nSPS) is 13.0. The summed E-state index contributed by atoms with van der Waals surface area (Å²) >= 11 is 3.12. The van der Waals surface area contributed by atoms with Crippen molar-refractivity contribution in [1.29, 1.82) is 0 Å². The van der Waals surface area contributed by atoms with Crippen LogP contribution in [-0.4, -0.2) is 38.4 Å². The Bertz CT molecular complexity index is 433. The lowest BCUT2D eigenvalue weighted by Gasteiger charge is -2.14. The Morgan fingerprint density at radius 2 is 2.22 bits per heavy atom. The molecule has 0 amide bonds. The van der Waals surface area contributed by atoms with E-state index in [0.29, 0.717) is 5.82 Å². The SMILES string of the molecule is Cc1nc([N+](=O)[O-])c(Br)n1CC(O)COC(C)C. The van der Waals surface area contributed by atoms with E-state index in [1.165, 1.54) is 0 Å². The van der Waals surface area contributed by atoms with Crippen LogP contribution in [0.5, 0.6) is 0 Å². The molecule has 0 aliphatic heterocycles. The van der Waals surface area contributed by atoms with Crippen LogP contribution in [0.15, 0.2) is 4.60 Å². The molecule has 0 aromatic carbocycles. The Morgan fingerprint density at radius 3 is 2.67 bits per heavy atom. The van der Waals surface area contributed by atoms with Crippen molar-refractivity contribution in [3.63, 3.8) is 0 Å². The summed E-state index contributed by atoms with van der Waals surface area (Å²) in [6.45, 7) is 5.76. The second kappa shape index (κ2) is 6.26. The van der Waals surface area contributed by atoms with E-state index in [-0.39, 0.29) is 29.7 Å². The standard InChI is InChI=1S/C10H16BrN3O4/c1-6(2)18-5-8(15)4-13-7(3)12-10(9(13)11)14(16)17/h6,8,15H,4-5H2,1-3H3. The maximum atomic E-state index is 10.7. The average molecular weight is 322 g/mol. The second-order valence-electron chi connectivity index (χ2n) is 4.18. The molecule has 0 aliphatic carbocycles. The van der Waals surface area contributed by atoms with E-state index in [1.807, 2.05) is 13.8 Å². The third-order valence-corrected chi connectivity index (χ3v) is 3.05. The van der Waals surface area contributed by atoms with Crippen LogP contribution < -0.4 is 0 Å². The molecule has 0 bridgehead atoms.